The van der Waals surface area contributed by atoms with Gasteiger partial charge in [0.25, 0.3) is 5.91 Å². The van der Waals surface area contributed by atoms with Crippen LogP contribution in [0.1, 0.15) is 39.9 Å². The van der Waals surface area contributed by atoms with E-state index in [1.54, 1.807) is 0 Å². The van der Waals surface area contributed by atoms with Crippen molar-refractivity contribution in [2.24, 2.45) is 5.92 Å². The van der Waals surface area contributed by atoms with Gasteiger partial charge in [-0.05, 0) is 50.8 Å². The van der Waals surface area contributed by atoms with Crippen LogP contribution in [0, 0.1) is 19.8 Å². The molecule has 0 unspecified atom stereocenters. The molecule has 1 saturated heterocycles. The summed E-state index contributed by atoms with van der Waals surface area (Å²) in [5, 5.41) is 3.04. The first-order valence-corrected chi connectivity index (χ1v) is 9.72. The van der Waals surface area contributed by atoms with Crippen molar-refractivity contribution in [3.63, 3.8) is 0 Å². The molecule has 1 aliphatic rings. The number of rotatable bonds is 5. The first kappa shape index (κ1) is 19.2. The second-order valence-electron chi connectivity index (χ2n) is 7.49. The SMILES string of the molecule is Cc1cc(C)cc(C(=O)N2CCC[C@H](C(=O)NCCc3ccccc3)C2)c1. The van der Waals surface area contributed by atoms with E-state index in [0.717, 1.165) is 42.5 Å². The number of hydrogen-bond acceptors (Lipinski definition) is 2. The number of carbonyl (C=O) groups excluding carboxylic acids is 2. The average molecular weight is 364 g/mol. The molecule has 0 aromatic heterocycles. The number of hydrogen-bond donors (Lipinski definition) is 1. The fourth-order valence-electron chi connectivity index (χ4n) is 3.78. The lowest BCUT2D eigenvalue weighted by atomic mass is 9.96. The summed E-state index contributed by atoms with van der Waals surface area (Å²) >= 11 is 0. The van der Waals surface area contributed by atoms with Gasteiger partial charge in [-0.3, -0.25) is 9.59 Å². The standard InChI is InChI=1S/C23H28N2O2/c1-17-13-18(2)15-21(14-17)23(27)25-12-6-9-20(16-25)22(26)24-11-10-19-7-4-3-5-8-19/h3-5,7-8,13-15,20H,6,9-12,16H2,1-2H3,(H,24,26)/t20-/m0/s1. The molecule has 2 aromatic rings. The molecule has 0 spiro atoms. The van der Waals surface area contributed by atoms with Crippen LogP contribution in [0.25, 0.3) is 0 Å². The number of nitrogens with one attached hydrogen (secondary N) is 1. The van der Waals surface area contributed by atoms with Crippen molar-refractivity contribution in [1.29, 1.82) is 0 Å². The molecule has 0 radical (unpaired) electrons. The topological polar surface area (TPSA) is 49.4 Å². The maximum absolute atomic E-state index is 12.9. The molecule has 2 aromatic carbocycles. The van der Waals surface area contributed by atoms with Gasteiger partial charge in [-0.15, -0.1) is 0 Å². The zero-order valence-corrected chi connectivity index (χ0v) is 16.2. The van der Waals surface area contributed by atoms with Crippen LogP contribution >= 0.6 is 0 Å². The van der Waals surface area contributed by atoms with Crippen LogP contribution in [0.5, 0.6) is 0 Å². The molecule has 3 rings (SSSR count). The van der Waals surface area contributed by atoms with Gasteiger partial charge in [0.2, 0.25) is 5.91 Å². The highest BCUT2D eigenvalue weighted by Crippen LogP contribution is 2.20. The molecule has 27 heavy (non-hydrogen) atoms. The summed E-state index contributed by atoms with van der Waals surface area (Å²) < 4.78 is 0. The van der Waals surface area contributed by atoms with Crippen molar-refractivity contribution in [3.8, 4) is 0 Å². The Morgan fingerprint density at radius 1 is 1.07 bits per heavy atom. The van der Waals surface area contributed by atoms with E-state index < -0.39 is 0 Å². The van der Waals surface area contributed by atoms with Crippen LogP contribution < -0.4 is 5.32 Å². The first-order chi connectivity index (χ1) is 13.0. The highest BCUT2D eigenvalue weighted by atomic mass is 16.2. The third-order valence-electron chi connectivity index (χ3n) is 5.10. The third kappa shape index (κ3) is 5.19. The van der Waals surface area contributed by atoms with Crippen molar-refractivity contribution in [3.05, 3.63) is 70.8 Å². The number of amides is 2. The predicted octanol–water partition coefficient (Wildman–Crippen LogP) is 3.51. The average Bonchev–Trinajstić information content (AvgIpc) is 2.67. The highest BCUT2D eigenvalue weighted by molar-refractivity contribution is 5.95. The molecule has 0 aliphatic carbocycles. The molecule has 2 amide bonds. The number of nitrogens with zero attached hydrogens (tertiary/aromatic N) is 1. The molecular weight excluding hydrogens is 336 g/mol. The normalized spacial score (nSPS) is 16.8. The van der Waals surface area contributed by atoms with Crippen LogP contribution in [0.15, 0.2) is 48.5 Å². The van der Waals surface area contributed by atoms with Gasteiger partial charge < -0.3 is 10.2 Å². The lowest BCUT2D eigenvalue weighted by molar-refractivity contribution is -0.126. The van der Waals surface area contributed by atoms with Crippen molar-refractivity contribution < 1.29 is 9.59 Å². The van der Waals surface area contributed by atoms with E-state index >= 15 is 0 Å². The second-order valence-corrected chi connectivity index (χ2v) is 7.49. The van der Waals surface area contributed by atoms with E-state index in [1.807, 2.05) is 49.1 Å². The van der Waals surface area contributed by atoms with Crippen LogP contribution in [-0.2, 0) is 11.2 Å². The van der Waals surface area contributed by atoms with Gasteiger partial charge in [-0.1, -0.05) is 47.5 Å². The van der Waals surface area contributed by atoms with Crippen molar-refractivity contribution >= 4 is 11.8 Å². The molecule has 1 N–H and O–H groups in total. The van der Waals surface area contributed by atoms with E-state index in [1.165, 1.54) is 5.56 Å². The van der Waals surface area contributed by atoms with E-state index in [2.05, 4.69) is 23.5 Å². The summed E-state index contributed by atoms with van der Waals surface area (Å²) in [5.74, 6) is -0.0307. The smallest absolute Gasteiger partial charge is 0.253 e. The zero-order valence-electron chi connectivity index (χ0n) is 16.2. The van der Waals surface area contributed by atoms with Gasteiger partial charge in [-0.25, -0.2) is 0 Å². The molecule has 0 saturated carbocycles. The molecule has 142 valence electrons. The number of benzene rings is 2. The van der Waals surface area contributed by atoms with E-state index in [9.17, 15) is 9.59 Å². The molecule has 1 heterocycles. The molecule has 4 heteroatoms. The van der Waals surface area contributed by atoms with E-state index in [-0.39, 0.29) is 17.7 Å². The van der Waals surface area contributed by atoms with Gasteiger partial charge in [0.05, 0.1) is 5.92 Å². The highest BCUT2D eigenvalue weighted by Gasteiger charge is 2.28. The van der Waals surface area contributed by atoms with Crippen LogP contribution in [0.4, 0.5) is 0 Å². The van der Waals surface area contributed by atoms with Gasteiger partial charge in [0.15, 0.2) is 0 Å². The quantitative estimate of drug-likeness (QED) is 0.883. The maximum atomic E-state index is 12.9. The summed E-state index contributed by atoms with van der Waals surface area (Å²) in [6.07, 6.45) is 2.53. The summed E-state index contributed by atoms with van der Waals surface area (Å²) in [6, 6.07) is 16.1. The Balaban J connectivity index is 1.55. The van der Waals surface area contributed by atoms with Gasteiger partial charge in [-0.2, -0.15) is 0 Å². The fraction of sp³-hybridized carbons (Fsp3) is 0.391. The number of carbonyl (C=O) groups is 2. The molecular formula is C23H28N2O2. The number of piperidine rings is 1. The van der Waals surface area contributed by atoms with Gasteiger partial charge >= 0.3 is 0 Å². The Labute approximate surface area is 161 Å². The largest absolute Gasteiger partial charge is 0.355 e. The minimum Gasteiger partial charge on any atom is -0.355 e. The first-order valence-electron chi connectivity index (χ1n) is 9.72. The minimum absolute atomic E-state index is 0.0311. The lowest BCUT2D eigenvalue weighted by Crippen LogP contribution is -2.45. The molecule has 1 aliphatic heterocycles. The Morgan fingerprint density at radius 2 is 1.78 bits per heavy atom. The molecule has 1 atom stereocenters. The predicted molar refractivity (Wildman–Crippen MR) is 108 cm³/mol. The summed E-state index contributed by atoms with van der Waals surface area (Å²) in [7, 11) is 0. The van der Waals surface area contributed by atoms with Crippen LogP contribution in [0.2, 0.25) is 0 Å². The second kappa shape index (κ2) is 8.85. The van der Waals surface area contributed by atoms with E-state index in [0.29, 0.717) is 13.1 Å². The van der Waals surface area contributed by atoms with Crippen LogP contribution in [0.3, 0.4) is 0 Å². The Kier molecular flexibility index (Phi) is 6.28. The number of aryl methyl sites for hydroxylation is 2. The van der Waals surface area contributed by atoms with E-state index in [4.69, 9.17) is 0 Å². The van der Waals surface area contributed by atoms with Gasteiger partial charge in [0.1, 0.15) is 0 Å². The van der Waals surface area contributed by atoms with Crippen LogP contribution in [-0.4, -0.2) is 36.3 Å². The van der Waals surface area contributed by atoms with Gasteiger partial charge in [0, 0.05) is 25.2 Å². The summed E-state index contributed by atoms with van der Waals surface area (Å²) in [4.78, 5) is 27.3. The fourth-order valence-corrected chi connectivity index (χ4v) is 3.78. The molecule has 4 nitrogen and oxygen atoms in total. The third-order valence-corrected chi connectivity index (χ3v) is 5.10. The number of likely N-dealkylation sites (tertiary alicyclic amines) is 1. The van der Waals surface area contributed by atoms with Crippen molar-refractivity contribution in [2.75, 3.05) is 19.6 Å². The minimum atomic E-state index is -0.121. The lowest BCUT2D eigenvalue weighted by Gasteiger charge is -2.32. The van der Waals surface area contributed by atoms with Crippen molar-refractivity contribution in [2.45, 2.75) is 33.1 Å². The Hall–Kier alpha value is -2.62. The maximum Gasteiger partial charge on any atom is 0.253 e. The molecule has 0 bridgehead atoms. The Bertz CT molecular complexity index is 781. The molecule has 1 fully saturated rings. The zero-order chi connectivity index (χ0) is 19.2. The summed E-state index contributed by atoms with van der Waals surface area (Å²) in [6.45, 7) is 5.86. The Morgan fingerprint density at radius 3 is 2.48 bits per heavy atom. The van der Waals surface area contributed by atoms with Crippen molar-refractivity contribution in [1.82, 2.24) is 10.2 Å². The summed E-state index contributed by atoms with van der Waals surface area (Å²) in [5.41, 5.74) is 4.11. The monoisotopic (exact) mass is 364 g/mol.